The molecule has 0 heterocycles. The fraction of sp³-hybridized carbons (Fsp3) is 0.0667. The first kappa shape index (κ1) is 14.5. The zero-order valence-electron chi connectivity index (χ0n) is 11.2. The zero-order chi connectivity index (χ0) is 15.2. The second kappa shape index (κ2) is 6.51. The molecule has 2 aromatic carbocycles. The van der Waals surface area contributed by atoms with Gasteiger partial charge in [0.15, 0.2) is 0 Å². The summed E-state index contributed by atoms with van der Waals surface area (Å²) >= 11 is 0. The first-order valence-electron chi connectivity index (χ1n) is 6.10. The van der Waals surface area contributed by atoms with E-state index in [0.717, 1.165) is 6.07 Å². The van der Waals surface area contributed by atoms with Crippen molar-refractivity contribution in [1.29, 1.82) is 0 Å². The number of methoxy groups -OCH3 is 1. The van der Waals surface area contributed by atoms with E-state index >= 15 is 0 Å². The number of rotatable bonds is 3. The van der Waals surface area contributed by atoms with Crippen molar-refractivity contribution < 1.29 is 18.7 Å². The van der Waals surface area contributed by atoms with Gasteiger partial charge in [0.05, 0.1) is 7.11 Å². The Hall–Kier alpha value is -2.89. The minimum Gasteiger partial charge on any atom is -0.497 e. The summed E-state index contributed by atoms with van der Waals surface area (Å²) in [5.41, 5.74) is 0.634. The van der Waals surface area contributed by atoms with Crippen molar-refractivity contribution in [2.75, 3.05) is 17.7 Å². The summed E-state index contributed by atoms with van der Waals surface area (Å²) in [4.78, 5) is 23.4. The van der Waals surface area contributed by atoms with Crippen molar-refractivity contribution >= 4 is 23.2 Å². The molecule has 2 aromatic rings. The Balaban J connectivity index is 2.01. The maximum Gasteiger partial charge on any atom is 0.314 e. The van der Waals surface area contributed by atoms with Gasteiger partial charge in [0.1, 0.15) is 11.6 Å². The number of ether oxygens (including phenoxy) is 1. The Bertz CT molecular complexity index is 673. The molecule has 108 valence electrons. The molecule has 5 nitrogen and oxygen atoms in total. The summed E-state index contributed by atoms with van der Waals surface area (Å²) in [5, 5.41) is 4.74. The van der Waals surface area contributed by atoms with Crippen molar-refractivity contribution in [2.24, 2.45) is 0 Å². The van der Waals surface area contributed by atoms with E-state index < -0.39 is 17.6 Å². The molecule has 0 aliphatic heterocycles. The average molecular weight is 288 g/mol. The van der Waals surface area contributed by atoms with Gasteiger partial charge >= 0.3 is 11.8 Å². The van der Waals surface area contributed by atoms with E-state index in [0.29, 0.717) is 11.4 Å². The fourth-order valence-electron chi connectivity index (χ4n) is 1.64. The molecule has 0 aliphatic carbocycles. The zero-order valence-corrected chi connectivity index (χ0v) is 11.2. The van der Waals surface area contributed by atoms with Crippen LogP contribution in [0.1, 0.15) is 0 Å². The molecule has 0 aliphatic rings. The lowest BCUT2D eigenvalue weighted by atomic mass is 10.3. The second-order valence-electron chi connectivity index (χ2n) is 4.15. The third kappa shape index (κ3) is 4.04. The number of halogens is 1. The highest BCUT2D eigenvalue weighted by atomic mass is 19.1. The molecule has 2 rings (SSSR count). The van der Waals surface area contributed by atoms with Crippen LogP contribution in [-0.4, -0.2) is 18.9 Å². The van der Waals surface area contributed by atoms with Crippen molar-refractivity contribution in [1.82, 2.24) is 0 Å². The molecule has 0 bridgehead atoms. The molecule has 0 atom stereocenters. The highest BCUT2D eigenvalue weighted by molar-refractivity contribution is 6.43. The van der Waals surface area contributed by atoms with E-state index in [1.165, 1.54) is 25.3 Å². The van der Waals surface area contributed by atoms with Crippen molar-refractivity contribution in [3.05, 3.63) is 54.3 Å². The van der Waals surface area contributed by atoms with E-state index in [9.17, 15) is 14.0 Å². The monoisotopic (exact) mass is 288 g/mol. The highest BCUT2D eigenvalue weighted by Gasteiger charge is 2.14. The van der Waals surface area contributed by atoms with Gasteiger partial charge in [-0.1, -0.05) is 12.1 Å². The van der Waals surface area contributed by atoms with Crippen LogP contribution in [0.25, 0.3) is 0 Å². The lowest BCUT2D eigenvalue weighted by Crippen LogP contribution is -2.29. The molecule has 0 saturated carbocycles. The largest absolute Gasteiger partial charge is 0.497 e. The molecule has 21 heavy (non-hydrogen) atoms. The van der Waals surface area contributed by atoms with Crippen LogP contribution in [0.3, 0.4) is 0 Å². The molecule has 2 amide bonds. The van der Waals surface area contributed by atoms with E-state index in [4.69, 9.17) is 4.74 Å². The standard InChI is InChI=1S/C15H13FN2O3/c1-21-13-7-3-6-12(9-13)18-15(20)14(19)17-11-5-2-4-10(16)8-11/h2-9H,1H3,(H,17,19)(H,18,20). The Labute approximate surface area is 120 Å². The average Bonchev–Trinajstić information content (AvgIpc) is 2.47. The van der Waals surface area contributed by atoms with Crippen LogP contribution >= 0.6 is 0 Å². The van der Waals surface area contributed by atoms with Crippen molar-refractivity contribution in [2.45, 2.75) is 0 Å². The third-order valence-corrected chi connectivity index (χ3v) is 2.62. The van der Waals surface area contributed by atoms with E-state index in [2.05, 4.69) is 10.6 Å². The second-order valence-corrected chi connectivity index (χ2v) is 4.15. The topological polar surface area (TPSA) is 67.4 Å². The van der Waals surface area contributed by atoms with Gasteiger partial charge in [-0.05, 0) is 30.3 Å². The van der Waals surface area contributed by atoms with Crippen LogP contribution in [0.15, 0.2) is 48.5 Å². The normalized spacial score (nSPS) is 9.81. The number of benzene rings is 2. The summed E-state index contributed by atoms with van der Waals surface area (Å²) in [5.74, 6) is -1.68. The minimum atomic E-state index is -0.886. The smallest absolute Gasteiger partial charge is 0.314 e. The third-order valence-electron chi connectivity index (χ3n) is 2.62. The summed E-state index contributed by atoms with van der Waals surface area (Å²) in [6.07, 6.45) is 0. The molecule has 0 unspecified atom stereocenters. The van der Waals surface area contributed by atoms with Gasteiger partial charge in [-0.2, -0.15) is 0 Å². The molecule has 0 spiro atoms. The van der Waals surface area contributed by atoms with Gasteiger partial charge in [-0.3, -0.25) is 9.59 Å². The lowest BCUT2D eigenvalue weighted by molar-refractivity contribution is -0.133. The van der Waals surface area contributed by atoms with Crippen LogP contribution < -0.4 is 15.4 Å². The van der Waals surface area contributed by atoms with Gasteiger partial charge in [0, 0.05) is 17.4 Å². The van der Waals surface area contributed by atoms with Crippen LogP contribution in [0.2, 0.25) is 0 Å². The summed E-state index contributed by atoms with van der Waals surface area (Å²) in [6.45, 7) is 0. The number of amides is 2. The summed E-state index contributed by atoms with van der Waals surface area (Å²) in [6, 6.07) is 11.9. The van der Waals surface area contributed by atoms with Crippen LogP contribution in [-0.2, 0) is 9.59 Å². The van der Waals surface area contributed by atoms with Gasteiger partial charge in [-0.25, -0.2) is 4.39 Å². The molecule has 0 saturated heterocycles. The minimum absolute atomic E-state index is 0.209. The van der Waals surface area contributed by atoms with E-state index in [1.54, 1.807) is 24.3 Å². The maximum atomic E-state index is 13.0. The predicted molar refractivity (Wildman–Crippen MR) is 76.7 cm³/mol. The first-order chi connectivity index (χ1) is 10.1. The molecule has 2 N–H and O–H groups in total. The molecule has 0 aromatic heterocycles. The number of nitrogens with one attached hydrogen (secondary N) is 2. The van der Waals surface area contributed by atoms with Crippen LogP contribution in [0.4, 0.5) is 15.8 Å². The van der Waals surface area contributed by atoms with Gasteiger partial charge in [0.2, 0.25) is 0 Å². The summed E-state index contributed by atoms with van der Waals surface area (Å²) in [7, 11) is 1.50. The number of hydrogen-bond acceptors (Lipinski definition) is 3. The number of carbonyl (C=O) groups excluding carboxylic acids is 2. The maximum absolute atomic E-state index is 13.0. The van der Waals surface area contributed by atoms with Gasteiger partial charge < -0.3 is 15.4 Å². The molecule has 6 heteroatoms. The van der Waals surface area contributed by atoms with Crippen LogP contribution in [0, 0.1) is 5.82 Å². The van der Waals surface area contributed by atoms with E-state index in [1.807, 2.05) is 0 Å². The molecular formula is C15H13FN2O3. The Morgan fingerprint density at radius 1 is 0.952 bits per heavy atom. The molecule has 0 radical (unpaired) electrons. The van der Waals surface area contributed by atoms with Gasteiger partial charge in [0.25, 0.3) is 0 Å². The number of anilines is 2. The van der Waals surface area contributed by atoms with Crippen LogP contribution in [0.5, 0.6) is 5.75 Å². The summed E-state index contributed by atoms with van der Waals surface area (Å²) < 4.78 is 18.0. The fourth-order valence-corrected chi connectivity index (χ4v) is 1.64. The van der Waals surface area contributed by atoms with Gasteiger partial charge in [-0.15, -0.1) is 0 Å². The Kier molecular flexibility index (Phi) is 4.50. The van der Waals surface area contributed by atoms with Crippen molar-refractivity contribution in [3.8, 4) is 5.75 Å². The number of carbonyl (C=O) groups is 2. The molecular weight excluding hydrogens is 275 g/mol. The lowest BCUT2D eigenvalue weighted by Gasteiger charge is -2.07. The highest BCUT2D eigenvalue weighted by Crippen LogP contribution is 2.16. The Morgan fingerprint density at radius 3 is 2.10 bits per heavy atom. The Morgan fingerprint density at radius 2 is 1.52 bits per heavy atom. The van der Waals surface area contributed by atoms with E-state index in [-0.39, 0.29) is 5.69 Å². The first-order valence-corrected chi connectivity index (χ1v) is 6.10. The quantitative estimate of drug-likeness (QED) is 0.852. The predicted octanol–water partition coefficient (Wildman–Crippen LogP) is 2.41. The molecule has 0 fully saturated rings. The number of hydrogen-bond donors (Lipinski definition) is 2. The SMILES string of the molecule is COc1cccc(NC(=O)C(=O)Nc2cccc(F)c2)c1. The van der Waals surface area contributed by atoms with Crippen molar-refractivity contribution in [3.63, 3.8) is 0 Å².